The quantitative estimate of drug-likeness (QED) is 0.474. The highest BCUT2D eigenvalue weighted by Gasteiger charge is 2.50. The number of amides is 1. The van der Waals surface area contributed by atoms with Crippen LogP contribution in [0, 0.1) is 5.92 Å². The topological polar surface area (TPSA) is 59.0 Å². The first-order valence-corrected chi connectivity index (χ1v) is 9.30. The Bertz CT molecular complexity index is 648. The van der Waals surface area contributed by atoms with E-state index >= 15 is 0 Å². The summed E-state index contributed by atoms with van der Waals surface area (Å²) in [6.45, 7) is 2.14. The molecular weight excluding hydrogens is 350 g/mol. The number of hydrogen-bond donors (Lipinski definition) is 1. The van der Waals surface area contributed by atoms with Gasteiger partial charge in [-0.3, -0.25) is 9.69 Å². The predicted molar refractivity (Wildman–Crippen MR) is 93.8 cm³/mol. The van der Waals surface area contributed by atoms with Crippen LogP contribution in [0.3, 0.4) is 0 Å². The van der Waals surface area contributed by atoms with Gasteiger partial charge in [0.05, 0.1) is 30.7 Å². The van der Waals surface area contributed by atoms with Crippen LogP contribution >= 0.6 is 23.4 Å². The van der Waals surface area contributed by atoms with Crippen molar-refractivity contribution in [2.45, 2.75) is 25.2 Å². The van der Waals surface area contributed by atoms with Crippen LogP contribution in [0.15, 0.2) is 35.5 Å². The zero-order valence-electron chi connectivity index (χ0n) is 13.6. The molecule has 0 radical (unpaired) electrons. The van der Waals surface area contributed by atoms with Crippen molar-refractivity contribution in [2.75, 3.05) is 18.7 Å². The van der Waals surface area contributed by atoms with Crippen molar-refractivity contribution in [3.05, 3.63) is 41.1 Å². The van der Waals surface area contributed by atoms with E-state index in [0.717, 1.165) is 16.9 Å². The molecule has 0 spiro atoms. The number of fused-ring (bicyclic) bond motifs is 1. The monoisotopic (exact) mass is 369 g/mol. The largest absolute Gasteiger partial charge is 0.497 e. The number of β-lactam (4-membered cyclic amide) rings is 1. The summed E-state index contributed by atoms with van der Waals surface area (Å²) in [5.41, 5.74) is 2.28. The Morgan fingerprint density at radius 3 is 2.75 bits per heavy atom. The van der Waals surface area contributed by atoms with Gasteiger partial charge in [-0.05, 0) is 23.3 Å². The summed E-state index contributed by atoms with van der Waals surface area (Å²) < 4.78 is 10.7. The van der Waals surface area contributed by atoms with Gasteiger partial charge >= 0.3 is 0 Å². The fraction of sp³-hybridized carbons (Fsp3) is 0.471. The van der Waals surface area contributed by atoms with Crippen LogP contribution in [-0.4, -0.2) is 46.3 Å². The molecule has 0 saturated carbocycles. The molecule has 1 N–H and O–H groups in total. The number of aliphatic hydroxyl groups is 1. The van der Waals surface area contributed by atoms with Crippen LogP contribution in [0.5, 0.6) is 5.75 Å². The smallest absolute Gasteiger partial charge is 0.233 e. The molecule has 0 aliphatic carbocycles. The van der Waals surface area contributed by atoms with Gasteiger partial charge in [-0.25, -0.2) is 0 Å². The molecule has 2 aliphatic rings. The molecular formula is C17H20ClNO4S. The first-order chi connectivity index (χ1) is 11.6. The van der Waals surface area contributed by atoms with E-state index in [-0.39, 0.29) is 29.7 Å². The second kappa shape index (κ2) is 7.35. The number of aliphatic hydroxyl groups excluding tert-OH is 1. The van der Waals surface area contributed by atoms with Gasteiger partial charge < -0.3 is 14.6 Å². The van der Waals surface area contributed by atoms with Crippen LogP contribution in [-0.2, 0) is 16.1 Å². The van der Waals surface area contributed by atoms with E-state index < -0.39 is 6.29 Å². The number of methoxy groups -OCH3 is 1. The van der Waals surface area contributed by atoms with Crippen LogP contribution in [0.25, 0.3) is 0 Å². The lowest BCUT2D eigenvalue weighted by atomic mass is 9.97. The summed E-state index contributed by atoms with van der Waals surface area (Å²) in [4.78, 5) is 13.8. The summed E-state index contributed by atoms with van der Waals surface area (Å²) in [5.74, 6) is 1.72. The van der Waals surface area contributed by atoms with E-state index in [1.807, 2.05) is 31.2 Å². The van der Waals surface area contributed by atoms with Crippen molar-refractivity contribution in [3.63, 3.8) is 0 Å². The van der Waals surface area contributed by atoms with E-state index in [4.69, 9.17) is 21.1 Å². The van der Waals surface area contributed by atoms with E-state index in [1.165, 1.54) is 0 Å². The summed E-state index contributed by atoms with van der Waals surface area (Å²) in [7, 11) is 1.61. The van der Waals surface area contributed by atoms with Crippen LogP contribution < -0.4 is 4.74 Å². The molecule has 1 aromatic carbocycles. The minimum Gasteiger partial charge on any atom is -0.497 e. The summed E-state index contributed by atoms with van der Waals surface area (Å²) in [6.07, 6.45) is -1.17. The molecule has 0 aromatic heterocycles. The number of alkyl halides is 1. The van der Waals surface area contributed by atoms with Gasteiger partial charge in [0.25, 0.3) is 0 Å². The maximum Gasteiger partial charge on any atom is 0.233 e. The number of carbonyl (C=O) groups is 1. The lowest BCUT2D eigenvalue weighted by Crippen LogP contribution is -2.61. The molecule has 2 aliphatic heterocycles. The number of benzene rings is 1. The number of ether oxygens (including phenoxy) is 2. The zero-order valence-corrected chi connectivity index (χ0v) is 15.1. The first-order valence-electron chi connectivity index (χ1n) is 7.72. The molecule has 130 valence electrons. The van der Waals surface area contributed by atoms with Gasteiger partial charge in [-0.1, -0.05) is 19.1 Å². The minimum absolute atomic E-state index is 0.0110. The maximum absolute atomic E-state index is 12.2. The number of thioether (sulfide) groups is 1. The van der Waals surface area contributed by atoms with Crippen LogP contribution in [0.2, 0.25) is 0 Å². The second-order valence-electron chi connectivity index (χ2n) is 5.83. The molecule has 5 nitrogen and oxygen atoms in total. The summed E-state index contributed by atoms with van der Waals surface area (Å²) >= 11 is 7.68. The molecule has 1 saturated heterocycles. The number of hydrogen-bond acceptors (Lipinski definition) is 5. The fourth-order valence-corrected chi connectivity index (χ4v) is 4.63. The molecule has 1 amide bonds. The summed E-state index contributed by atoms with van der Waals surface area (Å²) in [6, 6.07) is 7.42. The third-order valence-corrected chi connectivity index (χ3v) is 6.12. The summed E-state index contributed by atoms with van der Waals surface area (Å²) in [5, 5.41) is 10.6. The first kappa shape index (κ1) is 17.6. The SMILES string of the molecule is COc1ccc(COC(O)C2=C(CCl)CSC3[C@H](C)C(=O)N23)cc1. The maximum atomic E-state index is 12.2. The number of halogens is 1. The predicted octanol–water partition coefficient (Wildman–Crippen LogP) is 2.57. The third kappa shape index (κ3) is 3.16. The van der Waals surface area contributed by atoms with Gasteiger partial charge in [0.2, 0.25) is 5.91 Å². The standard InChI is InChI=1S/C17H20ClNO4S/c1-10-15(20)19-14(12(7-18)9-24-16(10)19)17(21)23-8-11-3-5-13(22-2)6-4-11/h3-6,10,16-17,21H,7-9H2,1-2H3/t10-,16?,17?/m1/s1. The number of rotatable bonds is 6. The van der Waals surface area contributed by atoms with Crippen molar-refractivity contribution in [1.29, 1.82) is 0 Å². The Labute approximate surface area is 150 Å². The molecule has 0 bridgehead atoms. The van der Waals surface area contributed by atoms with Crippen molar-refractivity contribution >= 4 is 29.3 Å². The van der Waals surface area contributed by atoms with Gasteiger partial charge in [0.15, 0.2) is 6.29 Å². The lowest BCUT2D eigenvalue weighted by Gasteiger charge is -2.50. The van der Waals surface area contributed by atoms with Gasteiger partial charge in [0, 0.05) is 11.6 Å². The molecule has 1 aromatic rings. The molecule has 24 heavy (non-hydrogen) atoms. The minimum atomic E-state index is -1.17. The highest BCUT2D eigenvalue weighted by molar-refractivity contribution is 8.00. The fourth-order valence-electron chi connectivity index (χ4n) is 2.89. The average Bonchev–Trinajstić information content (AvgIpc) is 2.64. The van der Waals surface area contributed by atoms with Gasteiger partial charge in [0.1, 0.15) is 5.75 Å². The Hall–Kier alpha value is -1.21. The Kier molecular flexibility index (Phi) is 5.39. The number of nitrogens with zero attached hydrogens (tertiary/aromatic N) is 1. The van der Waals surface area contributed by atoms with Crippen molar-refractivity contribution in [3.8, 4) is 5.75 Å². The molecule has 2 heterocycles. The molecule has 1 fully saturated rings. The molecule has 2 unspecified atom stereocenters. The average molecular weight is 370 g/mol. The van der Waals surface area contributed by atoms with E-state index in [0.29, 0.717) is 11.4 Å². The third-order valence-electron chi connectivity index (χ3n) is 4.32. The molecule has 3 rings (SSSR count). The Balaban J connectivity index is 1.70. The molecule has 3 atom stereocenters. The van der Waals surface area contributed by atoms with E-state index in [9.17, 15) is 9.90 Å². The number of carbonyl (C=O) groups excluding carboxylic acids is 1. The normalized spacial score (nSPS) is 24.5. The zero-order chi connectivity index (χ0) is 17.3. The Morgan fingerprint density at radius 1 is 1.42 bits per heavy atom. The van der Waals surface area contributed by atoms with Crippen LogP contribution in [0.1, 0.15) is 12.5 Å². The lowest BCUT2D eigenvalue weighted by molar-refractivity contribution is -0.155. The van der Waals surface area contributed by atoms with Gasteiger partial charge in [-0.2, -0.15) is 0 Å². The molecule has 7 heteroatoms. The van der Waals surface area contributed by atoms with E-state index in [1.54, 1.807) is 23.8 Å². The highest BCUT2D eigenvalue weighted by Crippen LogP contribution is 2.44. The van der Waals surface area contributed by atoms with Crippen molar-refractivity contribution in [2.24, 2.45) is 5.92 Å². The highest BCUT2D eigenvalue weighted by atomic mass is 35.5. The van der Waals surface area contributed by atoms with Gasteiger partial charge in [-0.15, -0.1) is 23.4 Å². The van der Waals surface area contributed by atoms with E-state index in [2.05, 4.69) is 0 Å². The Morgan fingerprint density at radius 2 is 2.12 bits per heavy atom. The van der Waals surface area contributed by atoms with Crippen molar-refractivity contribution in [1.82, 2.24) is 4.90 Å². The van der Waals surface area contributed by atoms with Crippen LogP contribution in [0.4, 0.5) is 0 Å². The van der Waals surface area contributed by atoms with Crippen molar-refractivity contribution < 1.29 is 19.4 Å². The second-order valence-corrected chi connectivity index (χ2v) is 7.20.